The molecule has 0 bridgehead atoms. The topological polar surface area (TPSA) is 87.1 Å². The van der Waals surface area contributed by atoms with Crippen LogP contribution in [0.3, 0.4) is 0 Å². The third-order valence-corrected chi connectivity index (χ3v) is 3.15. The molecule has 0 saturated carbocycles. The number of nitrogens with zero attached hydrogens (tertiary/aromatic N) is 2. The van der Waals surface area contributed by atoms with Crippen LogP contribution in [0, 0.1) is 5.82 Å². The van der Waals surface area contributed by atoms with Crippen LogP contribution in [0.5, 0.6) is 0 Å². The molecule has 0 fully saturated rings. The van der Waals surface area contributed by atoms with E-state index in [-0.39, 0.29) is 11.4 Å². The number of aromatic nitrogens is 2. The first-order chi connectivity index (χ1) is 11.6. The zero-order valence-corrected chi connectivity index (χ0v) is 12.4. The molecule has 1 aromatic heterocycles. The fourth-order valence-electron chi connectivity index (χ4n) is 2.09. The third-order valence-electron chi connectivity index (χ3n) is 3.15. The van der Waals surface area contributed by atoms with Gasteiger partial charge in [0, 0.05) is 17.4 Å². The van der Waals surface area contributed by atoms with Crippen molar-refractivity contribution in [3.05, 3.63) is 72.3 Å². The zero-order chi connectivity index (χ0) is 16.9. The highest BCUT2D eigenvalue weighted by molar-refractivity contribution is 5.89. The van der Waals surface area contributed by atoms with Crippen molar-refractivity contribution >= 4 is 29.0 Å². The number of carboxylic acids is 1. The van der Waals surface area contributed by atoms with Gasteiger partial charge >= 0.3 is 5.97 Å². The van der Waals surface area contributed by atoms with E-state index in [4.69, 9.17) is 5.11 Å². The number of anilines is 4. The minimum absolute atomic E-state index is 0.173. The molecule has 0 aliphatic carbocycles. The Morgan fingerprint density at radius 3 is 2.17 bits per heavy atom. The standard InChI is InChI=1S/C17H13FN4O2/c18-12-4-2-6-14(8-12)22-16-9-15(19-10-20-16)21-13-5-1-3-11(7-13)17(23)24/h1-10H,(H,23,24)(H2,19,20,21,22). The van der Waals surface area contributed by atoms with Gasteiger partial charge in [-0.3, -0.25) is 0 Å². The molecule has 6 nitrogen and oxygen atoms in total. The SMILES string of the molecule is O=C(O)c1cccc(Nc2cc(Nc3cccc(F)c3)ncn2)c1. The highest BCUT2D eigenvalue weighted by Gasteiger charge is 2.05. The minimum atomic E-state index is -1.00. The van der Waals surface area contributed by atoms with Gasteiger partial charge in [0.05, 0.1) is 5.56 Å². The molecule has 0 aliphatic rings. The number of carboxylic acid groups (broad SMARTS) is 1. The molecule has 24 heavy (non-hydrogen) atoms. The summed E-state index contributed by atoms with van der Waals surface area (Å²) in [5.41, 5.74) is 1.32. The highest BCUT2D eigenvalue weighted by Crippen LogP contribution is 2.20. The number of hydrogen-bond acceptors (Lipinski definition) is 5. The van der Waals surface area contributed by atoms with Gasteiger partial charge in [0.15, 0.2) is 0 Å². The maximum atomic E-state index is 13.2. The van der Waals surface area contributed by atoms with Gasteiger partial charge in [-0.25, -0.2) is 19.2 Å². The van der Waals surface area contributed by atoms with E-state index < -0.39 is 5.97 Å². The Kier molecular flexibility index (Phi) is 4.33. The molecule has 120 valence electrons. The quantitative estimate of drug-likeness (QED) is 0.662. The number of aromatic carboxylic acids is 1. The molecule has 3 rings (SSSR count). The van der Waals surface area contributed by atoms with Gasteiger partial charge in [0.25, 0.3) is 0 Å². The number of benzene rings is 2. The number of rotatable bonds is 5. The highest BCUT2D eigenvalue weighted by atomic mass is 19.1. The average molecular weight is 324 g/mol. The molecule has 0 unspecified atom stereocenters. The number of hydrogen-bond donors (Lipinski definition) is 3. The number of halogens is 1. The molecule has 2 aromatic carbocycles. The summed E-state index contributed by atoms with van der Waals surface area (Å²) >= 11 is 0. The largest absolute Gasteiger partial charge is 0.478 e. The van der Waals surface area contributed by atoms with E-state index in [9.17, 15) is 9.18 Å². The second-order valence-electron chi connectivity index (χ2n) is 4.93. The van der Waals surface area contributed by atoms with Gasteiger partial charge in [-0.15, -0.1) is 0 Å². The van der Waals surface area contributed by atoms with Gasteiger partial charge in [-0.05, 0) is 36.4 Å². The number of nitrogens with one attached hydrogen (secondary N) is 2. The van der Waals surface area contributed by atoms with Crippen LogP contribution >= 0.6 is 0 Å². The van der Waals surface area contributed by atoms with Gasteiger partial charge in [-0.1, -0.05) is 12.1 Å². The van der Waals surface area contributed by atoms with E-state index in [1.54, 1.807) is 30.3 Å². The lowest BCUT2D eigenvalue weighted by atomic mass is 10.2. The molecule has 0 saturated heterocycles. The Hall–Kier alpha value is -3.48. The first kappa shape index (κ1) is 15.4. The van der Waals surface area contributed by atoms with Crippen LogP contribution in [0.4, 0.5) is 27.4 Å². The summed E-state index contributed by atoms with van der Waals surface area (Å²) < 4.78 is 13.2. The third kappa shape index (κ3) is 3.83. The van der Waals surface area contributed by atoms with Crippen molar-refractivity contribution in [1.82, 2.24) is 9.97 Å². The molecular formula is C17H13FN4O2. The van der Waals surface area contributed by atoms with Crippen LogP contribution in [-0.2, 0) is 0 Å². The van der Waals surface area contributed by atoms with E-state index in [0.717, 1.165) is 0 Å². The molecule has 3 N–H and O–H groups in total. The van der Waals surface area contributed by atoms with Crippen molar-refractivity contribution in [2.75, 3.05) is 10.6 Å². The molecule has 0 amide bonds. The Morgan fingerprint density at radius 1 is 0.917 bits per heavy atom. The maximum Gasteiger partial charge on any atom is 0.335 e. The van der Waals surface area contributed by atoms with E-state index in [0.29, 0.717) is 23.0 Å². The summed E-state index contributed by atoms with van der Waals surface area (Å²) in [6.07, 6.45) is 1.35. The van der Waals surface area contributed by atoms with Crippen LogP contribution in [-0.4, -0.2) is 21.0 Å². The first-order valence-corrected chi connectivity index (χ1v) is 7.05. The molecule has 7 heteroatoms. The Labute approximate surface area is 137 Å². The molecule has 3 aromatic rings. The normalized spacial score (nSPS) is 10.2. The van der Waals surface area contributed by atoms with Crippen LogP contribution in [0.15, 0.2) is 60.9 Å². The molecule has 0 spiro atoms. The molecule has 0 aliphatic heterocycles. The van der Waals surface area contributed by atoms with Gasteiger partial charge in [0.1, 0.15) is 23.8 Å². The predicted octanol–water partition coefficient (Wildman–Crippen LogP) is 3.80. The summed E-state index contributed by atoms with van der Waals surface area (Å²) in [5.74, 6) is -0.397. The first-order valence-electron chi connectivity index (χ1n) is 7.05. The second-order valence-corrected chi connectivity index (χ2v) is 4.93. The Morgan fingerprint density at radius 2 is 1.54 bits per heavy atom. The van der Waals surface area contributed by atoms with Crippen molar-refractivity contribution in [3.8, 4) is 0 Å². The summed E-state index contributed by atoms with van der Waals surface area (Å²) in [4.78, 5) is 19.2. The Balaban J connectivity index is 1.78. The summed E-state index contributed by atoms with van der Waals surface area (Å²) in [6.45, 7) is 0. The lowest BCUT2D eigenvalue weighted by Gasteiger charge is -2.09. The van der Waals surface area contributed by atoms with E-state index in [1.165, 1.54) is 30.6 Å². The monoisotopic (exact) mass is 324 g/mol. The van der Waals surface area contributed by atoms with Gasteiger partial charge in [-0.2, -0.15) is 0 Å². The van der Waals surface area contributed by atoms with Crippen molar-refractivity contribution in [1.29, 1.82) is 0 Å². The van der Waals surface area contributed by atoms with E-state index in [1.807, 2.05) is 0 Å². The second kappa shape index (κ2) is 6.74. The minimum Gasteiger partial charge on any atom is -0.478 e. The lowest BCUT2D eigenvalue weighted by Crippen LogP contribution is -2.00. The van der Waals surface area contributed by atoms with Crippen molar-refractivity contribution in [2.45, 2.75) is 0 Å². The van der Waals surface area contributed by atoms with Crippen LogP contribution in [0.25, 0.3) is 0 Å². The van der Waals surface area contributed by atoms with Crippen molar-refractivity contribution < 1.29 is 14.3 Å². The molecule has 0 atom stereocenters. The van der Waals surface area contributed by atoms with Crippen LogP contribution in [0.1, 0.15) is 10.4 Å². The lowest BCUT2D eigenvalue weighted by molar-refractivity contribution is 0.0697. The maximum absolute atomic E-state index is 13.2. The molecular weight excluding hydrogens is 311 g/mol. The number of carbonyl (C=O) groups is 1. The molecule has 1 heterocycles. The van der Waals surface area contributed by atoms with Crippen molar-refractivity contribution in [3.63, 3.8) is 0 Å². The van der Waals surface area contributed by atoms with Crippen LogP contribution in [0.2, 0.25) is 0 Å². The average Bonchev–Trinajstić information content (AvgIpc) is 2.55. The predicted molar refractivity (Wildman–Crippen MR) is 88.4 cm³/mol. The smallest absolute Gasteiger partial charge is 0.335 e. The fourth-order valence-corrected chi connectivity index (χ4v) is 2.09. The van der Waals surface area contributed by atoms with Gasteiger partial charge < -0.3 is 15.7 Å². The fraction of sp³-hybridized carbons (Fsp3) is 0. The van der Waals surface area contributed by atoms with Gasteiger partial charge in [0.2, 0.25) is 0 Å². The van der Waals surface area contributed by atoms with E-state index >= 15 is 0 Å². The summed E-state index contributed by atoms with van der Waals surface area (Å²) in [7, 11) is 0. The van der Waals surface area contributed by atoms with E-state index in [2.05, 4.69) is 20.6 Å². The summed E-state index contributed by atoms with van der Waals surface area (Å²) in [5, 5.41) is 15.0. The summed E-state index contributed by atoms with van der Waals surface area (Å²) in [6, 6.07) is 14.0. The van der Waals surface area contributed by atoms with Crippen molar-refractivity contribution in [2.24, 2.45) is 0 Å². The Bertz CT molecular complexity index is 886. The van der Waals surface area contributed by atoms with Crippen LogP contribution < -0.4 is 10.6 Å². The molecule has 0 radical (unpaired) electrons. The zero-order valence-electron chi connectivity index (χ0n) is 12.4.